The van der Waals surface area contributed by atoms with Crippen LogP contribution in [0.3, 0.4) is 0 Å². The van der Waals surface area contributed by atoms with E-state index in [2.05, 4.69) is 30.9 Å². The van der Waals surface area contributed by atoms with Crippen molar-refractivity contribution in [2.45, 2.75) is 6.92 Å². The standard InChI is InChI=1S/C10H8BrN3O/c1-6-2-3-8(12-4-6)9-13-5-7(11)10(15)14-9/h2-5H,1H3,(H,13,14,15). The van der Waals surface area contributed by atoms with Crippen LogP contribution in [0.15, 0.2) is 33.8 Å². The molecule has 2 aromatic rings. The van der Waals surface area contributed by atoms with Gasteiger partial charge in [0, 0.05) is 12.4 Å². The van der Waals surface area contributed by atoms with Crippen molar-refractivity contribution in [3.8, 4) is 11.5 Å². The van der Waals surface area contributed by atoms with E-state index < -0.39 is 0 Å². The first-order valence-electron chi connectivity index (χ1n) is 4.34. The predicted molar refractivity (Wildman–Crippen MR) is 60.5 cm³/mol. The molecule has 0 spiro atoms. The number of pyridine rings is 1. The molecular weight excluding hydrogens is 258 g/mol. The van der Waals surface area contributed by atoms with Crippen LogP contribution in [0.2, 0.25) is 0 Å². The monoisotopic (exact) mass is 265 g/mol. The van der Waals surface area contributed by atoms with Crippen molar-refractivity contribution < 1.29 is 0 Å². The first kappa shape index (κ1) is 10.0. The molecule has 0 aromatic carbocycles. The summed E-state index contributed by atoms with van der Waals surface area (Å²) < 4.78 is 0.415. The average molecular weight is 266 g/mol. The summed E-state index contributed by atoms with van der Waals surface area (Å²) in [6, 6.07) is 3.74. The summed E-state index contributed by atoms with van der Waals surface area (Å²) in [7, 11) is 0. The molecule has 15 heavy (non-hydrogen) atoms. The van der Waals surface area contributed by atoms with Gasteiger partial charge in [-0.05, 0) is 34.5 Å². The number of nitrogens with one attached hydrogen (secondary N) is 1. The number of hydrogen-bond acceptors (Lipinski definition) is 3. The van der Waals surface area contributed by atoms with E-state index in [0.717, 1.165) is 5.56 Å². The molecular formula is C10H8BrN3O. The van der Waals surface area contributed by atoms with Gasteiger partial charge in [0.05, 0.1) is 0 Å². The third-order valence-corrected chi connectivity index (χ3v) is 2.47. The molecule has 0 aliphatic heterocycles. The van der Waals surface area contributed by atoms with Crippen molar-refractivity contribution in [2.24, 2.45) is 0 Å². The minimum absolute atomic E-state index is 0.206. The Morgan fingerprint density at radius 2 is 2.07 bits per heavy atom. The highest BCUT2D eigenvalue weighted by atomic mass is 79.9. The molecule has 76 valence electrons. The van der Waals surface area contributed by atoms with Crippen molar-refractivity contribution in [3.05, 3.63) is 44.9 Å². The fraction of sp³-hybridized carbons (Fsp3) is 0.100. The summed E-state index contributed by atoms with van der Waals surface area (Å²) in [4.78, 5) is 22.2. The number of aryl methyl sites for hydroxylation is 1. The lowest BCUT2D eigenvalue weighted by atomic mass is 10.2. The zero-order valence-corrected chi connectivity index (χ0v) is 9.58. The van der Waals surface area contributed by atoms with Gasteiger partial charge >= 0.3 is 0 Å². The lowest BCUT2D eigenvalue weighted by Gasteiger charge is -1.99. The van der Waals surface area contributed by atoms with Crippen LogP contribution in [0.4, 0.5) is 0 Å². The first-order chi connectivity index (χ1) is 7.16. The van der Waals surface area contributed by atoms with Gasteiger partial charge < -0.3 is 4.98 Å². The lowest BCUT2D eigenvalue weighted by molar-refractivity contribution is 1.08. The summed E-state index contributed by atoms with van der Waals surface area (Å²) in [5, 5.41) is 0. The Morgan fingerprint density at radius 3 is 2.67 bits per heavy atom. The number of aromatic nitrogens is 3. The van der Waals surface area contributed by atoms with E-state index in [0.29, 0.717) is 16.0 Å². The lowest BCUT2D eigenvalue weighted by Crippen LogP contribution is -2.09. The smallest absolute Gasteiger partial charge is 0.265 e. The Morgan fingerprint density at radius 1 is 1.27 bits per heavy atom. The minimum Gasteiger partial charge on any atom is -0.304 e. The van der Waals surface area contributed by atoms with Crippen molar-refractivity contribution in [3.63, 3.8) is 0 Å². The second kappa shape index (κ2) is 3.94. The van der Waals surface area contributed by atoms with E-state index in [1.165, 1.54) is 6.20 Å². The minimum atomic E-state index is -0.206. The van der Waals surface area contributed by atoms with Crippen molar-refractivity contribution in [1.82, 2.24) is 15.0 Å². The van der Waals surface area contributed by atoms with Crippen LogP contribution in [0.1, 0.15) is 5.56 Å². The molecule has 0 saturated carbocycles. The van der Waals surface area contributed by atoms with Crippen LogP contribution in [0, 0.1) is 6.92 Å². The Labute approximate surface area is 94.5 Å². The largest absolute Gasteiger partial charge is 0.304 e. The van der Waals surface area contributed by atoms with E-state index >= 15 is 0 Å². The normalized spacial score (nSPS) is 10.3. The molecule has 2 aromatic heterocycles. The third-order valence-electron chi connectivity index (χ3n) is 1.91. The molecule has 0 radical (unpaired) electrons. The van der Waals surface area contributed by atoms with E-state index in [4.69, 9.17) is 0 Å². The number of nitrogens with zero attached hydrogens (tertiary/aromatic N) is 2. The fourth-order valence-corrected chi connectivity index (χ4v) is 1.32. The molecule has 0 atom stereocenters. The molecule has 2 heterocycles. The molecule has 4 nitrogen and oxygen atoms in total. The maximum absolute atomic E-state index is 11.3. The van der Waals surface area contributed by atoms with Crippen molar-refractivity contribution >= 4 is 15.9 Å². The molecule has 0 saturated heterocycles. The van der Waals surface area contributed by atoms with Gasteiger partial charge in [0.25, 0.3) is 5.56 Å². The highest BCUT2D eigenvalue weighted by molar-refractivity contribution is 9.10. The van der Waals surface area contributed by atoms with Crippen molar-refractivity contribution in [2.75, 3.05) is 0 Å². The molecule has 0 unspecified atom stereocenters. The molecule has 0 bridgehead atoms. The highest BCUT2D eigenvalue weighted by Gasteiger charge is 2.03. The van der Waals surface area contributed by atoms with Crippen LogP contribution < -0.4 is 5.56 Å². The summed E-state index contributed by atoms with van der Waals surface area (Å²) in [5.41, 5.74) is 1.52. The van der Waals surface area contributed by atoms with Gasteiger partial charge in [-0.2, -0.15) is 0 Å². The van der Waals surface area contributed by atoms with E-state index in [1.54, 1.807) is 6.20 Å². The maximum Gasteiger partial charge on any atom is 0.265 e. The highest BCUT2D eigenvalue weighted by Crippen LogP contribution is 2.11. The molecule has 0 aliphatic carbocycles. The van der Waals surface area contributed by atoms with Gasteiger partial charge in [-0.25, -0.2) is 4.98 Å². The quantitative estimate of drug-likeness (QED) is 0.857. The van der Waals surface area contributed by atoms with Crippen LogP contribution >= 0.6 is 15.9 Å². The van der Waals surface area contributed by atoms with Crippen molar-refractivity contribution in [1.29, 1.82) is 0 Å². The topological polar surface area (TPSA) is 58.6 Å². The molecule has 5 heteroatoms. The van der Waals surface area contributed by atoms with E-state index in [-0.39, 0.29) is 5.56 Å². The summed E-state index contributed by atoms with van der Waals surface area (Å²) in [6.07, 6.45) is 3.20. The second-order valence-corrected chi connectivity index (χ2v) is 3.98. The Hall–Kier alpha value is -1.49. The Bertz CT molecular complexity index is 533. The number of rotatable bonds is 1. The van der Waals surface area contributed by atoms with Gasteiger partial charge in [0.1, 0.15) is 10.2 Å². The molecule has 1 N–H and O–H groups in total. The summed E-state index contributed by atoms with van der Waals surface area (Å²) in [5.74, 6) is 0.475. The number of hydrogen-bond donors (Lipinski definition) is 1. The van der Waals surface area contributed by atoms with Crippen LogP contribution in [0.5, 0.6) is 0 Å². The van der Waals surface area contributed by atoms with Gasteiger partial charge in [0.2, 0.25) is 0 Å². The number of aromatic amines is 1. The van der Waals surface area contributed by atoms with Crippen LogP contribution in [0.25, 0.3) is 11.5 Å². The fourth-order valence-electron chi connectivity index (χ4n) is 1.12. The maximum atomic E-state index is 11.3. The second-order valence-electron chi connectivity index (χ2n) is 3.13. The molecule has 0 amide bonds. The van der Waals surface area contributed by atoms with E-state index in [1.807, 2.05) is 19.1 Å². The predicted octanol–water partition coefficient (Wildman–Crippen LogP) is 1.90. The zero-order chi connectivity index (χ0) is 10.8. The SMILES string of the molecule is Cc1ccc(-c2ncc(Br)c(=O)[nH]2)nc1. The number of H-pyrrole nitrogens is 1. The van der Waals surface area contributed by atoms with Crippen LogP contribution in [-0.2, 0) is 0 Å². The Balaban J connectivity index is 2.50. The average Bonchev–Trinajstić information content (AvgIpc) is 2.23. The summed E-state index contributed by atoms with van der Waals surface area (Å²) >= 11 is 3.09. The zero-order valence-electron chi connectivity index (χ0n) is 7.99. The van der Waals surface area contributed by atoms with Gasteiger partial charge in [-0.3, -0.25) is 9.78 Å². The van der Waals surface area contributed by atoms with E-state index in [9.17, 15) is 4.79 Å². The van der Waals surface area contributed by atoms with Gasteiger partial charge in [-0.1, -0.05) is 6.07 Å². The first-order valence-corrected chi connectivity index (χ1v) is 5.14. The van der Waals surface area contributed by atoms with Crippen LogP contribution in [-0.4, -0.2) is 15.0 Å². The summed E-state index contributed by atoms with van der Waals surface area (Å²) in [6.45, 7) is 1.95. The molecule has 0 aliphatic rings. The number of halogens is 1. The Kier molecular flexibility index (Phi) is 2.64. The van der Waals surface area contributed by atoms with Gasteiger partial charge in [-0.15, -0.1) is 0 Å². The molecule has 0 fully saturated rings. The molecule has 2 rings (SSSR count). The van der Waals surface area contributed by atoms with Gasteiger partial charge in [0.15, 0.2) is 5.82 Å². The third kappa shape index (κ3) is 2.12.